The van der Waals surface area contributed by atoms with E-state index in [0.29, 0.717) is 18.7 Å². The lowest BCUT2D eigenvalue weighted by molar-refractivity contribution is -0.137. The van der Waals surface area contributed by atoms with Crippen molar-refractivity contribution in [1.82, 2.24) is 5.32 Å². The monoisotopic (exact) mass is 221 g/mol. The predicted octanol–water partition coefficient (Wildman–Crippen LogP) is -0.264. The summed E-state index contributed by atoms with van der Waals surface area (Å²) in [6.45, 7) is 0.384. The molecule has 0 radical (unpaired) electrons. The maximum Gasteiger partial charge on any atom is 0.303 e. The van der Waals surface area contributed by atoms with Gasteiger partial charge in [-0.05, 0) is 6.42 Å². The molecule has 1 atom stereocenters. The highest BCUT2D eigenvalue weighted by Gasteiger charge is 2.03. The van der Waals surface area contributed by atoms with Crippen LogP contribution in [-0.4, -0.2) is 39.7 Å². The van der Waals surface area contributed by atoms with Gasteiger partial charge in [0.25, 0.3) is 0 Å². The Morgan fingerprint density at radius 3 is 2.50 bits per heavy atom. The molecule has 0 aromatic heterocycles. The lowest BCUT2D eigenvalue weighted by Crippen LogP contribution is -2.27. The molecule has 0 fully saturated rings. The standard InChI is InChI=1S/C8H15NO4S/c1-14(13)6-5-9-7(10)3-2-4-8(11)12/h2-6H2,1H3,(H,9,10)(H,11,12). The quantitative estimate of drug-likeness (QED) is 0.620. The number of carbonyl (C=O) groups excluding carboxylic acids is 1. The van der Waals surface area contributed by atoms with Crippen LogP contribution in [0.5, 0.6) is 0 Å². The van der Waals surface area contributed by atoms with Crippen LogP contribution < -0.4 is 5.32 Å². The predicted molar refractivity (Wildman–Crippen MR) is 53.4 cm³/mol. The average molecular weight is 221 g/mol. The van der Waals surface area contributed by atoms with Crippen molar-refractivity contribution < 1.29 is 18.9 Å². The zero-order valence-corrected chi connectivity index (χ0v) is 8.93. The van der Waals surface area contributed by atoms with E-state index in [9.17, 15) is 13.8 Å². The van der Waals surface area contributed by atoms with Gasteiger partial charge in [0.05, 0.1) is 0 Å². The number of hydrogen-bond acceptors (Lipinski definition) is 3. The fourth-order valence-corrected chi connectivity index (χ4v) is 1.21. The van der Waals surface area contributed by atoms with E-state index in [1.807, 2.05) is 0 Å². The fraction of sp³-hybridized carbons (Fsp3) is 0.750. The molecule has 6 heteroatoms. The molecule has 0 aliphatic carbocycles. The first-order valence-electron chi connectivity index (χ1n) is 4.31. The smallest absolute Gasteiger partial charge is 0.303 e. The van der Waals surface area contributed by atoms with Gasteiger partial charge in [0.2, 0.25) is 5.91 Å². The first-order chi connectivity index (χ1) is 6.52. The summed E-state index contributed by atoms with van der Waals surface area (Å²) in [7, 11) is -0.904. The summed E-state index contributed by atoms with van der Waals surface area (Å²) >= 11 is 0. The summed E-state index contributed by atoms with van der Waals surface area (Å²) in [4.78, 5) is 21.1. The molecule has 0 aromatic rings. The summed E-state index contributed by atoms with van der Waals surface area (Å²) in [6, 6.07) is 0. The van der Waals surface area contributed by atoms with Gasteiger partial charge >= 0.3 is 5.97 Å². The van der Waals surface area contributed by atoms with Crippen LogP contribution >= 0.6 is 0 Å². The number of nitrogens with one attached hydrogen (secondary N) is 1. The Hall–Kier alpha value is -0.910. The molecule has 0 saturated carbocycles. The van der Waals surface area contributed by atoms with Crippen molar-refractivity contribution in [2.75, 3.05) is 18.6 Å². The highest BCUT2D eigenvalue weighted by molar-refractivity contribution is 7.84. The molecule has 0 bridgehead atoms. The maximum atomic E-state index is 11.0. The summed E-state index contributed by atoms with van der Waals surface area (Å²) in [5.41, 5.74) is 0. The third-order valence-corrected chi connectivity index (χ3v) is 2.29. The van der Waals surface area contributed by atoms with Crippen molar-refractivity contribution in [3.05, 3.63) is 0 Å². The van der Waals surface area contributed by atoms with Crippen molar-refractivity contribution in [2.45, 2.75) is 19.3 Å². The van der Waals surface area contributed by atoms with E-state index >= 15 is 0 Å². The number of rotatable bonds is 7. The topological polar surface area (TPSA) is 83.5 Å². The summed E-state index contributed by atoms with van der Waals surface area (Å²) in [5, 5.41) is 10.9. The van der Waals surface area contributed by atoms with Crippen LogP contribution in [0.4, 0.5) is 0 Å². The van der Waals surface area contributed by atoms with E-state index in [1.165, 1.54) is 0 Å². The third-order valence-electron chi connectivity index (χ3n) is 1.51. The first kappa shape index (κ1) is 13.1. The number of carboxylic acids is 1. The molecule has 0 aromatic carbocycles. The van der Waals surface area contributed by atoms with E-state index < -0.39 is 16.8 Å². The molecule has 0 aliphatic rings. The van der Waals surface area contributed by atoms with E-state index in [-0.39, 0.29) is 18.7 Å². The van der Waals surface area contributed by atoms with Gasteiger partial charge in [0, 0.05) is 42.2 Å². The second kappa shape index (κ2) is 7.49. The van der Waals surface area contributed by atoms with Crippen molar-refractivity contribution in [2.24, 2.45) is 0 Å². The van der Waals surface area contributed by atoms with Crippen molar-refractivity contribution >= 4 is 22.7 Å². The van der Waals surface area contributed by atoms with Gasteiger partial charge in [-0.2, -0.15) is 0 Å². The normalized spacial score (nSPS) is 12.1. The molecule has 82 valence electrons. The van der Waals surface area contributed by atoms with E-state index in [4.69, 9.17) is 5.11 Å². The Kier molecular flexibility index (Phi) is 7.00. The zero-order valence-electron chi connectivity index (χ0n) is 8.12. The zero-order chi connectivity index (χ0) is 11.0. The molecular formula is C8H15NO4S. The van der Waals surface area contributed by atoms with E-state index in [1.54, 1.807) is 6.26 Å². The molecule has 0 aliphatic heterocycles. The average Bonchev–Trinajstić information content (AvgIpc) is 2.02. The maximum absolute atomic E-state index is 11.0. The van der Waals surface area contributed by atoms with Crippen LogP contribution in [0, 0.1) is 0 Å². The van der Waals surface area contributed by atoms with Gasteiger partial charge in [-0.25, -0.2) is 0 Å². The molecule has 0 saturated heterocycles. The number of carboxylic acid groups (broad SMARTS) is 1. The van der Waals surface area contributed by atoms with Crippen LogP contribution in [0.3, 0.4) is 0 Å². The van der Waals surface area contributed by atoms with Crippen molar-refractivity contribution in [3.63, 3.8) is 0 Å². The molecule has 1 unspecified atom stereocenters. The number of carbonyl (C=O) groups is 2. The summed E-state index contributed by atoms with van der Waals surface area (Å²) < 4.78 is 10.6. The molecule has 14 heavy (non-hydrogen) atoms. The van der Waals surface area contributed by atoms with Crippen LogP contribution in [0.25, 0.3) is 0 Å². The van der Waals surface area contributed by atoms with E-state index in [0.717, 1.165) is 0 Å². The molecular weight excluding hydrogens is 206 g/mol. The van der Waals surface area contributed by atoms with Gasteiger partial charge in [0.15, 0.2) is 0 Å². The lowest BCUT2D eigenvalue weighted by atomic mass is 10.2. The third kappa shape index (κ3) is 9.18. The van der Waals surface area contributed by atoms with E-state index in [2.05, 4.69) is 5.32 Å². The SMILES string of the molecule is CS(=O)CCNC(=O)CCCC(=O)O. The fourth-order valence-electron chi connectivity index (χ4n) is 0.823. The second-order valence-corrected chi connectivity index (χ2v) is 4.43. The van der Waals surface area contributed by atoms with Gasteiger partial charge in [-0.15, -0.1) is 0 Å². The van der Waals surface area contributed by atoms with Crippen molar-refractivity contribution in [1.29, 1.82) is 0 Å². The Morgan fingerprint density at radius 1 is 1.36 bits per heavy atom. The molecule has 2 N–H and O–H groups in total. The minimum atomic E-state index is -0.904. The Bertz CT molecular complexity index is 207. The molecule has 5 nitrogen and oxygen atoms in total. The van der Waals surface area contributed by atoms with Crippen LogP contribution in [0.15, 0.2) is 0 Å². The van der Waals surface area contributed by atoms with Crippen molar-refractivity contribution in [3.8, 4) is 0 Å². The highest BCUT2D eigenvalue weighted by atomic mass is 32.2. The van der Waals surface area contributed by atoms with Gasteiger partial charge in [-0.1, -0.05) is 0 Å². The Morgan fingerprint density at radius 2 is 2.00 bits per heavy atom. The van der Waals surface area contributed by atoms with Gasteiger partial charge < -0.3 is 10.4 Å². The summed E-state index contributed by atoms with van der Waals surface area (Å²) in [5.74, 6) is -0.644. The number of aliphatic carboxylic acids is 1. The minimum Gasteiger partial charge on any atom is -0.481 e. The first-order valence-corrected chi connectivity index (χ1v) is 6.03. The second-order valence-electron chi connectivity index (χ2n) is 2.87. The Labute approximate surface area is 85.3 Å². The van der Waals surface area contributed by atoms with Gasteiger partial charge in [-0.3, -0.25) is 13.8 Å². The van der Waals surface area contributed by atoms with Crippen LogP contribution in [-0.2, 0) is 20.4 Å². The molecule has 0 spiro atoms. The molecule has 0 rings (SSSR count). The molecule has 1 amide bonds. The highest BCUT2D eigenvalue weighted by Crippen LogP contribution is 1.94. The molecule has 0 heterocycles. The largest absolute Gasteiger partial charge is 0.481 e. The van der Waals surface area contributed by atoms with Crippen LogP contribution in [0.2, 0.25) is 0 Å². The lowest BCUT2D eigenvalue weighted by Gasteiger charge is -2.02. The summed E-state index contributed by atoms with van der Waals surface area (Å²) in [6.07, 6.45) is 2.13. The number of hydrogen-bond donors (Lipinski definition) is 2. The Balaban J connectivity index is 3.37. The van der Waals surface area contributed by atoms with Crippen LogP contribution in [0.1, 0.15) is 19.3 Å². The number of amides is 1. The minimum absolute atomic E-state index is 0.00707. The van der Waals surface area contributed by atoms with Gasteiger partial charge in [0.1, 0.15) is 0 Å².